The van der Waals surface area contributed by atoms with Gasteiger partial charge >= 0.3 is 0 Å². The minimum Gasteiger partial charge on any atom is -0.389 e. The van der Waals surface area contributed by atoms with E-state index in [4.69, 9.17) is 18.0 Å². The number of hydrogen-bond acceptors (Lipinski definition) is 3. The van der Waals surface area contributed by atoms with Gasteiger partial charge in [0.1, 0.15) is 4.99 Å². The third kappa shape index (κ3) is 3.13. The lowest BCUT2D eigenvalue weighted by atomic mass is 10.2. The van der Waals surface area contributed by atoms with Crippen LogP contribution in [0.15, 0.2) is 28.9 Å². The third-order valence-electron chi connectivity index (χ3n) is 3.05. The van der Waals surface area contributed by atoms with Crippen LogP contribution in [0.1, 0.15) is 16.8 Å². The lowest BCUT2D eigenvalue weighted by molar-refractivity contribution is 0.738. The molecule has 0 aliphatic heterocycles. The predicted molar refractivity (Wildman–Crippen MR) is 85.3 cm³/mol. The Morgan fingerprint density at radius 1 is 1.53 bits per heavy atom. The van der Waals surface area contributed by atoms with Crippen molar-refractivity contribution in [3.05, 3.63) is 45.7 Å². The average Bonchev–Trinajstić information content (AvgIpc) is 2.67. The first-order valence-corrected chi connectivity index (χ1v) is 7.00. The predicted octanol–water partition coefficient (Wildman–Crippen LogP) is 2.74. The molecular formula is C13H15BrN4S. The zero-order valence-electron chi connectivity index (χ0n) is 10.8. The Labute approximate surface area is 126 Å². The summed E-state index contributed by atoms with van der Waals surface area (Å²) in [4.78, 5) is 0.390. The lowest BCUT2D eigenvalue weighted by Crippen LogP contribution is -2.10. The van der Waals surface area contributed by atoms with E-state index in [1.807, 2.05) is 36.1 Å². The van der Waals surface area contributed by atoms with Crippen molar-refractivity contribution in [1.29, 1.82) is 0 Å². The molecule has 0 unspecified atom stereocenters. The van der Waals surface area contributed by atoms with Gasteiger partial charge in [-0.2, -0.15) is 5.10 Å². The molecule has 1 aromatic carbocycles. The average molecular weight is 339 g/mol. The third-order valence-corrected chi connectivity index (χ3v) is 3.93. The van der Waals surface area contributed by atoms with E-state index in [9.17, 15) is 0 Å². The zero-order chi connectivity index (χ0) is 14.0. The summed E-state index contributed by atoms with van der Waals surface area (Å²) in [6, 6.07) is 5.84. The molecule has 0 radical (unpaired) electrons. The SMILES string of the molecule is Cc1c(CNc2ccc(C(N)=S)c(Br)c2)cnn1C. The molecule has 0 amide bonds. The normalized spacial score (nSPS) is 10.5. The summed E-state index contributed by atoms with van der Waals surface area (Å²) in [5, 5.41) is 7.57. The van der Waals surface area contributed by atoms with E-state index in [0.29, 0.717) is 4.99 Å². The number of hydrogen-bond donors (Lipinski definition) is 2. The van der Waals surface area contributed by atoms with Gasteiger partial charge < -0.3 is 11.1 Å². The fourth-order valence-corrected chi connectivity index (χ4v) is 2.64. The van der Waals surface area contributed by atoms with Crippen molar-refractivity contribution in [3.8, 4) is 0 Å². The molecule has 0 aliphatic carbocycles. The first-order valence-electron chi connectivity index (χ1n) is 5.79. The number of aromatic nitrogens is 2. The molecule has 0 saturated carbocycles. The van der Waals surface area contributed by atoms with E-state index < -0.39 is 0 Å². The number of anilines is 1. The Hall–Kier alpha value is -1.40. The molecule has 0 bridgehead atoms. The van der Waals surface area contributed by atoms with Crippen molar-refractivity contribution in [2.45, 2.75) is 13.5 Å². The van der Waals surface area contributed by atoms with E-state index in [2.05, 4.69) is 33.3 Å². The summed E-state index contributed by atoms with van der Waals surface area (Å²) >= 11 is 8.44. The molecule has 2 aromatic rings. The highest BCUT2D eigenvalue weighted by atomic mass is 79.9. The highest BCUT2D eigenvalue weighted by Crippen LogP contribution is 2.22. The topological polar surface area (TPSA) is 55.9 Å². The van der Waals surface area contributed by atoms with Gasteiger partial charge in [0.05, 0.1) is 6.20 Å². The van der Waals surface area contributed by atoms with Gasteiger partial charge in [-0.1, -0.05) is 12.2 Å². The molecule has 4 nitrogen and oxygen atoms in total. The van der Waals surface area contributed by atoms with Gasteiger partial charge in [-0.05, 0) is 41.1 Å². The van der Waals surface area contributed by atoms with Gasteiger partial charge in [0.2, 0.25) is 0 Å². The van der Waals surface area contributed by atoms with Gasteiger partial charge in [0.15, 0.2) is 0 Å². The molecule has 0 aliphatic rings. The maximum atomic E-state index is 5.62. The lowest BCUT2D eigenvalue weighted by Gasteiger charge is -2.09. The van der Waals surface area contributed by atoms with Gasteiger partial charge in [-0.15, -0.1) is 0 Å². The van der Waals surface area contributed by atoms with E-state index in [-0.39, 0.29) is 0 Å². The monoisotopic (exact) mass is 338 g/mol. The van der Waals surface area contributed by atoms with Crippen LogP contribution in [-0.2, 0) is 13.6 Å². The molecular weight excluding hydrogens is 324 g/mol. The van der Waals surface area contributed by atoms with Crippen molar-refractivity contribution >= 4 is 38.8 Å². The number of thiocarbonyl (C=S) groups is 1. The molecule has 6 heteroatoms. The molecule has 0 atom stereocenters. The largest absolute Gasteiger partial charge is 0.389 e. The summed E-state index contributed by atoms with van der Waals surface area (Å²) in [7, 11) is 1.94. The van der Waals surface area contributed by atoms with Crippen LogP contribution in [0.2, 0.25) is 0 Å². The minimum absolute atomic E-state index is 0.390. The first-order chi connectivity index (χ1) is 8.99. The molecule has 1 heterocycles. The molecule has 3 N–H and O–H groups in total. The van der Waals surface area contributed by atoms with Gasteiger partial charge in [-0.3, -0.25) is 4.68 Å². The van der Waals surface area contributed by atoms with Crippen LogP contribution in [-0.4, -0.2) is 14.8 Å². The van der Waals surface area contributed by atoms with Crippen LogP contribution in [0.5, 0.6) is 0 Å². The van der Waals surface area contributed by atoms with Crippen LogP contribution >= 0.6 is 28.1 Å². The first kappa shape index (κ1) is 14.0. The standard InChI is InChI=1S/C13H15BrN4S/c1-8-9(7-17-18(8)2)6-16-10-3-4-11(13(15)19)12(14)5-10/h3-5,7,16H,6H2,1-2H3,(H2,15,19). The number of halogens is 1. The van der Waals surface area contributed by atoms with Crippen LogP contribution < -0.4 is 11.1 Å². The van der Waals surface area contributed by atoms with Crippen LogP contribution in [0.3, 0.4) is 0 Å². The molecule has 100 valence electrons. The second-order valence-corrected chi connectivity index (χ2v) is 5.59. The van der Waals surface area contributed by atoms with Gasteiger partial charge in [0.25, 0.3) is 0 Å². The van der Waals surface area contributed by atoms with Crippen LogP contribution in [0.4, 0.5) is 5.69 Å². The van der Waals surface area contributed by atoms with E-state index >= 15 is 0 Å². The van der Waals surface area contributed by atoms with Gasteiger partial charge in [0, 0.05) is 40.6 Å². The number of benzene rings is 1. The van der Waals surface area contributed by atoms with Crippen molar-refractivity contribution in [3.63, 3.8) is 0 Å². The number of rotatable bonds is 4. The maximum Gasteiger partial charge on any atom is 0.105 e. The summed E-state index contributed by atoms with van der Waals surface area (Å²) < 4.78 is 2.76. The van der Waals surface area contributed by atoms with Crippen molar-refractivity contribution < 1.29 is 0 Å². The number of nitrogens with two attached hydrogens (primary N) is 1. The smallest absolute Gasteiger partial charge is 0.105 e. The summed E-state index contributed by atoms with van der Waals surface area (Å²) in [6.45, 7) is 2.79. The Morgan fingerprint density at radius 3 is 2.79 bits per heavy atom. The van der Waals surface area contributed by atoms with Crippen molar-refractivity contribution in [2.24, 2.45) is 12.8 Å². The maximum absolute atomic E-state index is 5.62. The summed E-state index contributed by atoms with van der Waals surface area (Å²) in [5.74, 6) is 0. The highest BCUT2D eigenvalue weighted by molar-refractivity contribution is 9.10. The molecule has 0 spiro atoms. The fourth-order valence-electron chi connectivity index (χ4n) is 1.74. The second kappa shape index (κ2) is 5.71. The number of nitrogens with zero attached hydrogens (tertiary/aromatic N) is 2. The van der Waals surface area contributed by atoms with Crippen LogP contribution in [0, 0.1) is 6.92 Å². The Balaban J connectivity index is 2.10. The fraction of sp³-hybridized carbons (Fsp3) is 0.231. The molecule has 19 heavy (non-hydrogen) atoms. The van der Waals surface area contributed by atoms with Crippen LogP contribution in [0.25, 0.3) is 0 Å². The Morgan fingerprint density at radius 2 is 2.26 bits per heavy atom. The van der Waals surface area contributed by atoms with Crippen molar-refractivity contribution in [1.82, 2.24) is 9.78 Å². The molecule has 0 fully saturated rings. The Kier molecular flexibility index (Phi) is 4.21. The van der Waals surface area contributed by atoms with E-state index in [0.717, 1.165) is 28.0 Å². The summed E-state index contributed by atoms with van der Waals surface area (Å²) in [6.07, 6.45) is 1.88. The molecule has 1 aromatic heterocycles. The zero-order valence-corrected chi connectivity index (χ0v) is 13.2. The number of aryl methyl sites for hydroxylation is 1. The summed E-state index contributed by atoms with van der Waals surface area (Å²) in [5.41, 5.74) is 9.81. The number of nitrogens with one attached hydrogen (secondary N) is 1. The van der Waals surface area contributed by atoms with Gasteiger partial charge in [-0.25, -0.2) is 0 Å². The van der Waals surface area contributed by atoms with E-state index in [1.165, 1.54) is 5.56 Å². The van der Waals surface area contributed by atoms with Crippen molar-refractivity contribution in [2.75, 3.05) is 5.32 Å². The second-order valence-electron chi connectivity index (χ2n) is 4.29. The molecule has 0 saturated heterocycles. The molecule has 2 rings (SSSR count). The Bertz CT molecular complexity index is 621. The van der Waals surface area contributed by atoms with E-state index in [1.54, 1.807) is 0 Å². The highest BCUT2D eigenvalue weighted by Gasteiger charge is 2.06. The minimum atomic E-state index is 0.390. The quantitative estimate of drug-likeness (QED) is 0.841.